The fourth-order valence-corrected chi connectivity index (χ4v) is 4.18. The number of hydrogen-bond donors (Lipinski definition) is 1. The molecule has 1 N–H and O–H groups in total. The predicted molar refractivity (Wildman–Crippen MR) is 108 cm³/mol. The number of morpholine rings is 1. The number of hydrogen-bond acceptors (Lipinski definition) is 6. The summed E-state index contributed by atoms with van der Waals surface area (Å²) in [4.78, 5) is 25.0. The summed E-state index contributed by atoms with van der Waals surface area (Å²) in [6.07, 6.45) is 0.811. The topological polar surface area (TPSA) is 79.3 Å². The summed E-state index contributed by atoms with van der Waals surface area (Å²) >= 11 is 0. The van der Waals surface area contributed by atoms with E-state index in [0.717, 1.165) is 68.6 Å². The van der Waals surface area contributed by atoms with Crippen molar-refractivity contribution in [3.8, 4) is 0 Å². The van der Waals surface area contributed by atoms with Crippen LogP contribution in [0.4, 0.5) is 5.82 Å². The van der Waals surface area contributed by atoms with Gasteiger partial charge in [0, 0.05) is 57.7 Å². The highest BCUT2D eigenvalue weighted by Gasteiger charge is 2.26. The maximum Gasteiger partial charge on any atom is 0.255 e. The molecule has 4 heterocycles. The van der Waals surface area contributed by atoms with Crippen LogP contribution in [0.3, 0.4) is 0 Å². The molecule has 0 atom stereocenters. The smallest absolute Gasteiger partial charge is 0.255 e. The minimum absolute atomic E-state index is 0.00899. The lowest BCUT2D eigenvalue weighted by molar-refractivity contribution is 0.122. The summed E-state index contributed by atoms with van der Waals surface area (Å²) in [6.45, 7) is 11.8. The molecule has 2 aliphatic heterocycles. The van der Waals surface area contributed by atoms with E-state index in [-0.39, 0.29) is 11.5 Å². The Kier molecular flexibility index (Phi) is 5.25. The first-order valence-electron chi connectivity index (χ1n) is 10.1. The first kappa shape index (κ1) is 19.1. The molecule has 0 amide bonds. The van der Waals surface area contributed by atoms with Crippen molar-refractivity contribution in [2.45, 2.75) is 46.2 Å². The van der Waals surface area contributed by atoms with Crippen LogP contribution in [0.1, 0.15) is 48.1 Å². The Morgan fingerprint density at radius 2 is 1.96 bits per heavy atom. The molecule has 1 fully saturated rings. The van der Waals surface area contributed by atoms with Crippen molar-refractivity contribution >= 4 is 5.82 Å². The lowest BCUT2D eigenvalue weighted by atomic mass is 10.0. The van der Waals surface area contributed by atoms with Crippen molar-refractivity contribution in [1.82, 2.24) is 24.6 Å². The van der Waals surface area contributed by atoms with Crippen molar-refractivity contribution in [3.05, 3.63) is 38.7 Å². The van der Waals surface area contributed by atoms with Crippen molar-refractivity contribution < 1.29 is 4.74 Å². The maximum absolute atomic E-state index is 12.6. The molecule has 0 radical (unpaired) electrons. The lowest BCUT2D eigenvalue weighted by Gasteiger charge is -2.32. The van der Waals surface area contributed by atoms with Gasteiger partial charge < -0.3 is 14.6 Å². The third kappa shape index (κ3) is 3.58. The Morgan fingerprint density at radius 3 is 2.68 bits per heavy atom. The minimum atomic E-state index is 0.00899. The van der Waals surface area contributed by atoms with Gasteiger partial charge in [0.15, 0.2) is 0 Å². The molecule has 0 unspecified atom stereocenters. The molecule has 0 saturated carbocycles. The highest BCUT2D eigenvalue weighted by molar-refractivity contribution is 5.50. The minimum Gasteiger partial charge on any atom is -0.378 e. The van der Waals surface area contributed by atoms with Crippen molar-refractivity contribution in [3.63, 3.8) is 0 Å². The number of fused-ring (bicyclic) bond motifs is 1. The number of anilines is 1. The molecule has 0 aliphatic carbocycles. The number of nitrogens with one attached hydrogen (secondary N) is 1. The lowest BCUT2D eigenvalue weighted by Crippen LogP contribution is -2.39. The van der Waals surface area contributed by atoms with Gasteiger partial charge in [-0.3, -0.25) is 14.4 Å². The maximum atomic E-state index is 12.6. The van der Waals surface area contributed by atoms with Gasteiger partial charge in [-0.15, -0.1) is 0 Å². The van der Waals surface area contributed by atoms with E-state index in [0.29, 0.717) is 6.54 Å². The zero-order valence-corrected chi connectivity index (χ0v) is 17.3. The molecule has 2 aromatic rings. The van der Waals surface area contributed by atoms with Gasteiger partial charge in [-0.1, -0.05) is 13.8 Å². The highest BCUT2D eigenvalue weighted by Crippen LogP contribution is 2.27. The Bertz CT molecular complexity index is 910. The van der Waals surface area contributed by atoms with Gasteiger partial charge in [-0.2, -0.15) is 5.10 Å². The molecule has 8 heteroatoms. The van der Waals surface area contributed by atoms with E-state index in [1.54, 1.807) is 0 Å². The summed E-state index contributed by atoms with van der Waals surface area (Å²) in [6, 6.07) is 0. The monoisotopic (exact) mass is 386 g/mol. The summed E-state index contributed by atoms with van der Waals surface area (Å²) in [5, 5.41) is 4.67. The third-order valence-electron chi connectivity index (χ3n) is 5.72. The summed E-state index contributed by atoms with van der Waals surface area (Å²) in [5.74, 6) is 2.19. The number of ether oxygens (including phenoxy) is 1. The van der Waals surface area contributed by atoms with E-state index in [1.807, 2.05) is 11.7 Å². The SMILES string of the molecule is Cc1nn(C)c(N2CCOCC2)c1CN1CCc2nc(C(C)C)[nH]c(=O)c2C1. The zero-order valence-electron chi connectivity index (χ0n) is 17.3. The van der Waals surface area contributed by atoms with E-state index >= 15 is 0 Å². The van der Waals surface area contributed by atoms with Crippen LogP contribution < -0.4 is 10.5 Å². The zero-order chi connectivity index (χ0) is 19.8. The summed E-state index contributed by atoms with van der Waals surface area (Å²) in [5.41, 5.74) is 4.08. The van der Waals surface area contributed by atoms with Crippen LogP contribution in [-0.2, 0) is 31.3 Å². The number of nitrogens with zero attached hydrogens (tertiary/aromatic N) is 5. The second kappa shape index (κ2) is 7.67. The Hall–Kier alpha value is -2.19. The van der Waals surface area contributed by atoms with Crippen LogP contribution in [0.25, 0.3) is 0 Å². The van der Waals surface area contributed by atoms with E-state index in [1.165, 1.54) is 11.4 Å². The molecule has 0 aromatic carbocycles. The molecular formula is C20H30N6O2. The quantitative estimate of drug-likeness (QED) is 0.854. The fourth-order valence-electron chi connectivity index (χ4n) is 4.18. The van der Waals surface area contributed by atoms with Crippen LogP contribution in [0, 0.1) is 6.92 Å². The van der Waals surface area contributed by atoms with E-state index < -0.39 is 0 Å². The molecule has 4 rings (SSSR count). The van der Waals surface area contributed by atoms with Gasteiger partial charge in [0.05, 0.1) is 30.2 Å². The molecule has 2 aliphatic rings. The Labute approximate surface area is 165 Å². The van der Waals surface area contributed by atoms with Crippen LogP contribution in [0.15, 0.2) is 4.79 Å². The largest absolute Gasteiger partial charge is 0.378 e. The van der Waals surface area contributed by atoms with Crippen molar-refractivity contribution in [2.75, 3.05) is 37.7 Å². The number of rotatable bonds is 4. The Balaban J connectivity index is 1.58. The molecule has 2 aromatic heterocycles. The average Bonchev–Trinajstić information content (AvgIpc) is 2.95. The average molecular weight is 387 g/mol. The highest BCUT2D eigenvalue weighted by atomic mass is 16.5. The first-order valence-corrected chi connectivity index (χ1v) is 10.1. The van der Waals surface area contributed by atoms with Gasteiger partial charge in [0.1, 0.15) is 11.6 Å². The molecule has 8 nitrogen and oxygen atoms in total. The van der Waals surface area contributed by atoms with Gasteiger partial charge >= 0.3 is 0 Å². The number of aromatic nitrogens is 4. The van der Waals surface area contributed by atoms with Crippen LogP contribution in [-0.4, -0.2) is 57.5 Å². The summed E-state index contributed by atoms with van der Waals surface area (Å²) < 4.78 is 7.49. The normalized spacial score (nSPS) is 18.0. The molecule has 0 bridgehead atoms. The fraction of sp³-hybridized carbons (Fsp3) is 0.650. The van der Waals surface area contributed by atoms with Crippen LogP contribution in [0.2, 0.25) is 0 Å². The van der Waals surface area contributed by atoms with E-state index in [2.05, 4.69) is 40.7 Å². The summed E-state index contributed by atoms with van der Waals surface area (Å²) in [7, 11) is 2.01. The Morgan fingerprint density at radius 1 is 1.21 bits per heavy atom. The van der Waals surface area contributed by atoms with Gasteiger partial charge in [-0.05, 0) is 6.92 Å². The molecular weight excluding hydrogens is 356 g/mol. The molecule has 0 spiro atoms. The number of aryl methyl sites for hydroxylation is 2. The second-order valence-electron chi connectivity index (χ2n) is 8.10. The second-order valence-corrected chi connectivity index (χ2v) is 8.10. The van der Waals surface area contributed by atoms with E-state index in [4.69, 9.17) is 9.72 Å². The standard InChI is InChI=1S/C20H30N6O2/c1-13(2)18-21-17-5-6-25(12-16(17)19(27)22-18)11-15-14(3)23-24(4)20(15)26-7-9-28-10-8-26/h13H,5-12H2,1-4H3,(H,21,22,27). The van der Waals surface area contributed by atoms with Crippen LogP contribution in [0.5, 0.6) is 0 Å². The van der Waals surface area contributed by atoms with Crippen LogP contribution >= 0.6 is 0 Å². The molecule has 152 valence electrons. The molecule has 28 heavy (non-hydrogen) atoms. The van der Waals surface area contributed by atoms with Crippen molar-refractivity contribution in [2.24, 2.45) is 7.05 Å². The van der Waals surface area contributed by atoms with Gasteiger partial charge in [-0.25, -0.2) is 4.98 Å². The predicted octanol–water partition coefficient (Wildman–Crippen LogP) is 1.33. The van der Waals surface area contributed by atoms with Gasteiger partial charge in [0.2, 0.25) is 0 Å². The number of H-pyrrole nitrogens is 1. The third-order valence-corrected chi connectivity index (χ3v) is 5.72. The molecule has 1 saturated heterocycles. The number of aromatic amines is 1. The van der Waals surface area contributed by atoms with Gasteiger partial charge in [0.25, 0.3) is 5.56 Å². The first-order chi connectivity index (χ1) is 13.4. The van der Waals surface area contributed by atoms with Crippen molar-refractivity contribution in [1.29, 1.82) is 0 Å². The van der Waals surface area contributed by atoms with E-state index in [9.17, 15) is 4.79 Å².